The molecule has 0 aliphatic carbocycles. The number of amides is 1. The summed E-state index contributed by atoms with van der Waals surface area (Å²) >= 11 is 0. The number of carbonyl (C=O) groups excluding carboxylic acids is 2. The van der Waals surface area contributed by atoms with Crippen LogP contribution >= 0.6 is 0 Å². The van der Waals surface area contributed by atoms with E-state index in [9.17, 15) is 9.59 Å². The summed E-state index contributed by atoms with van der Waals surface area (Å²) in [6.45, 7) is 14.1. The molecule has 0 N–H and O–H groups in total. The Kier molecular flexibility index (Phi) is 7.47. The van der Waals surface area contributed by atoms with Crippen molar-refractivity contribution in [1.29, 1.82) is 0 Å². The zero-order chi connectivity index (χ0) is 20.2. The van der Waals surface area contributed by atoms with E-state index in [-0.39, 0.29) is 30.7 Å². The average molecular weight is 386 g/mol. The summed E-state index contributed by atoms with van der Waals surface area (Å²) in [5.74, 6) is -0.257. The number of hydrogen-bond donors (Lipinski definition) is 0. The molecular formula is C19H35N3O5. The fourth-order valence-corrected chi connectivity index (χ4v) is 3.59. The fourth-order valence-electron chi connectivity index (χ4n) is 3.59. The molecule has 1 amide bonds. The average Bonchev–Trinajstić information content (AvgIpc) is 2.57. The van der Waals surface area contributed by atoms with E-state index >= 15 is 0 Å². The van der Waals surface area contributed by atoms with E-state index in [1.54, 1.807) is 4.90 Å². The summed E-state index contributed by atoms with van der Waals surface area (Å²) in [6, 6.07) is 0.310. The topological polar surface area (TPSA) is 71.5 Å². The number of hydrogen-bond acceptors (Lipinski definition) is 7. The van der Waals surface area contributed by atoms with E-state index in [2.05, 4.69) is 16.7 Å². The van der Waals surface area contributed by atoms with Crippen LogP contribution in [0.3, 0.4) is 0 Å². The summed E-state index contributed by atoms with van der Waals surface area (Å²) in [6.07, 6.45) is -0.298. The van der Waals surface area contributed by atoms with Crippen molar-refractivity contribution >= 4 is 12.1 Å². The van der Waals surface area contributed by atoms with Crippen LogP contribution in [0.25, 0.3) is 0 Å². The van der Waals surface area contributed by atoms with Gasteiger partial charge in [-0.2, -0.15) is 0 Å². The number of morpholine rings is 1. The molecule has 0 radical (unpaired) electrons. The molecule has 2 aliphatic rings. The predicted octanol–water partition coefficient (Wildman–Crippen LogP) is 1.19. The third kappa shape index (κ3) is 6.33. The van der Waals surface area contributed by atoms with Gasteiger partial charge in [0.05, 0.1) is 26.9 Å². The first-order valence-corrected chi connectivity index (χ1v) is 9.73. The van der Waals surface area contributed by atoms with Gasteiger partial charge in [-0.15, -0.1) is 0 Å². The molecule has 2 aliphatic heterocycles. The third-order valence-electron chi connectivity index (χ3n) is 5.09. The molecule has 2 rings (SSSR count). The molecule has 27 heavy (non-hydrogen) atoms. The second kappa shape index (κ2) is 9.21. The van der Waals surface area contributed by atoms with E-state index < -0.39 is 5.60 Å². The van der Waals surface area contributed by atoms with E-state index in [0.717, 1.165) is 13.1 Å². The Morgan fingerprint density at radius 1 is 1.11 bits per heavy atom. The zero-order valence-electron chi connectivity index (χ0n) is 17.6. The quantitative estimate of drug-likeness (QED) is 0.673. The van der Waals surface area contributed by atoms with Crippen molar-refractivity contribution < 1.29 is 23.8 Å². The molecule has 0 saturated carbocycles. The Bertz CT molecular complexity index is 522. The maximum atomic E-state index is 12.7. The van der Waals surface area contributed by atoms with Gasteiger partial charge >= 0.3 is 12.1 Å². The highest BCUT2D eigenvalue weighted by Crippen LogP contribution is 2.21. The predicted molar refractivity (Wildman–Crippen MR) is 102 cm³/mol. The lowest BCUT2D eigenvalue weighted by atomic mass is 10.1. The minimum Gasteiger partial charge on any atom is -0.468 e. The van der Waals surface area contributed by atoms with Crippen molar-refractivity contribution in [3.8, 4) is 0 Å². The van der Waals surface area contributed by atoms with Gasteiger partial charge < -0.3 is 19.1 Å². The van der Waals surface area contributed by atoms with Crippen molar-refractivity contribution in [3.63, 3.8) is 0 Å². The number of esters is 1. The van der Waals surface area contributed by atoms with Crippen molar-refractivity contribution in [2.75, 3.05) is 53.0 Å². The standard InChI is InChI=1S/C19H35N3O5/c1-14-9-21(12-17(23)25-6)16(10-20-7-8-26-13-15(20)2)11-22(14)18(24)27-19(3,4)5/h14-16H,7-13H2,1-6H3/t14-,15-,16+/m1/s1. The Balaban J connectivity index is 2.12. The summed E-state index contributed by atoms with van der Waals surface area (Å²) in [5, 5.41) is 0. The smallest absolute Gasteiger partial charge is 0.410 e. The molecule has 0 spiro atoms. The number of carbonyl (C=O) groups is 2. The molecule has 0 aromatic heterocycles. The van der Waals surface area contributed by atoms with Crippen LogP contribution < -0.4 is 0 Å². The molecule has 2 fully saturated rings. The summed E-state index contributed by atoms with van der Waals surface area (Å²) in [4.78, 5) is 30.8. The van der Waals surface area contributed by atoms with Gasteiger partial charge in [-0.3, -0.25) is 14.6 Å². The van der Waals surface area contributed by atoms with E-state index in [0.29, 0.717) is 32.3 Å². The van der Waals surface area contributed by atoms with Crippen molar-refractivity contribution in [3.05, 3.63) is 0 Å². The van der Waals surface area contributed by atoms with Gasteiger partial charge in [0.15, 0.2) is 0 Å². The van der Waals surface area contributed by atoms with Gasteiger partial charge in [0.25, 0.3) is 0 Å². The number of piperazine rings is 1. The molecule has 8 nitrogen and oxygen atoms in total. The first kappa shape index (κ1) is 21.9. The first-order chi connectivity index (χ1) is 12.6. The van der Waals surface area contributed by atoms with Gasteiger partial charge in [-0.25, -0.2) is 4.79 Å². The highest BCUT2D eigenvalue weighted by Gasteiger charge is 2.38. The number of ether oxygens (including phenoxy) is 3. The van der Waals surface area contributed by atoms with E-state index in [1.165, 1.54) is 7.11 Å². The SMILES string of the molecule is COC(=O)CN1C[C@@H](C)N(C(=O)OC(C)(C)C)C[C@@H]1CN1CCOC[C@H]1C. The monoisotopic (exact) mass is 385 g/mol. The summed E-state index contributed by atoms with van der Waals surface area (Å²) in [5.41, 5.74) is -0.534. The fraction of sp³-hybridized carbons (Fsp3) is 0.895. The zero-order valence-corrected chi connectivity index (χ0v) is 17.6. The van der Waals surface area contributed by atoms with Crippen LogP contribution in [0.2, 0.25) is 0 Å². The van der Waals surface area contributed by atoms with Crippen molar-refractivity contribution in [2.45, 2.75) is 58.3 Å². The molecular weight excluding hydrogens is 350 g/mol. The van der Waals surface area contributed by atoms with Gasteiger partial charge in [0.1, 0.15) is 5.60 Å². The second-order valence-electron chi connectivity index (χ2n) is 8.56. The molecule has 8 heteroatoms. The summed E-state index contributed by atoms with van der Waals surface area (Å²) < 4.78 is 16.0. The van der Waals surface area contributed by atoms with Gasteiger partial charge in [0.2, 0.25) is 0 Å². The normalized spacial score (nSPS) is 28.1. The molecule has 2 heterocycles. The van der Waals surface area contributed by atoms with Crippen molar-refractivity contribution in [1.82, 2.24) is 14.7 Å². The molecule has 156 valence electrons. The van der Waals surface area contributed by atoms with E-state index in [4.69, 9.17) is 14.2 Å². The Labute approximate surface area is 162 Å². The van der Waals surface area contributed by atoms with Crippen LogP contribution in [0, 0.1) is 0 Å². The largest absolute Gasteiger partial charge is 0.468 e. The maximum Gasteiger partial charge on any atom is 0.410 e. The number of nitrogens with zero attached hydrogens (tertiary/aromatic N) is 3. The first-order valence-electron chi connectivity index (χ1n) is 9.73. The van der Waals surface area contributed by atoms with Crippen LogP contribution in [0.1, 0.15) is 34.6 Å². The Morgan fingerprint density at radius 2 is 1.81 bits per heavy atom. The Morgan fingerprint density at radius 3 is 2.41 bits per heavy atom. The highest BCUT2D eigenvalue weighted by atomic mass is 16.6. The van der Waals surface area contributed by atoms with Crippen LogP contribution in [0.5, 0.6) is 0 Å². The lowest BCUT2D eigenvalue weighted by Crippen LogP contribution is -2.63. The Hall–Kier alpha value is -1.38. The van der Waals surface area contributed by atoms with Gasteiger partial charge in [0, 0.05) is 44.3 Å². The van der Waals surface area contributed by atoms with E-state index in [1.807, 2.05) is 27.7 Å². The minimum atomic E-state index is -0.534. The lowest BCUT2D eigenvalue weighted by molar-refractivity contribution is -0.144. The third-order valence-corrected chi connectivity index (χ3v) is 5.09. The molecule has 0 aromatic rings. The molecule has 2 saturated heterocycles. The highest BCUT2D eigenvalue weighted by molar-refractivity contribution is 5.72. The van der Waals surface area contributed by atoms with Crippen LogP contribution in [-0.2, 0) is 19.0 Å². The lowest BCUT2D eigenvalue weighted by Gasteiger charge is -2.47. The number of methoxy groups -OCH3 is 1. The molecule has 0 aromatic carbocycles. The number of rotatable bonds is 4. The second-order valence-corrected chi connectivity index (χ2v) is 8.56. The van der Waals surface area contributed by atoms with Crippen LogP contribution in [-0.4, -0.2) is 104 Å². The van der Waals surface area contributed by atoms with Gasteiger partial charge in [-0.05, 0) is 34.6 Å². The summed E-state index contributed by atoms with van der Waals surface area (Å²) in [7, 11) is 1.40. The van der Waals surface area contributed by atoms with Gasteiger partial charge in [-0.1, -0.05) is 0 Å². The van der Waals surface area contributed by atoms with Crippen LogP contribution in [0.4, 0.5) is 4.79 Å². The molecule has 0 bridgehead atoms. The molecule has 3 atom stereocenters. The minimum absolute atomic E-state index is 0.0355. The molecule has 0 unspecified atom stereocenters. The van der Waals surface area contributed by atoms with Crippen molar-refractivity contribution in [2.24, 2.45) is 0 Å². The van der Waals surface area contributed by atoms with Crippen LogP contribution in [0.15, 0.2) is 0 Å². The maximum absolute atomic E-state index is 12.7.